The van der Waals surface area contributed by atoms with E-state index in [2.05, 4.69) is 0 Å². The van der Waals surface area contributed by atoms with E-state index in [4.69, 9.17) is 4.42 Å². The van der Waals surface area contributed by atoms with Gasteiger partial charge < -0.3 is 9.52 Å². The minimum atomic E-state index is -1.07. The number of Topliss-reactive ketones (excluding diaryl/α,β-unsaturated/α-hetero) is 1. The van der Waals surface area contributed by atoms with Crippen LogP contribution in [0.3, 0.4) is 0 Å². The normalized spacial score (nSPS) is 22.4. The van der Waals surface area contributed by atoms with Crippen LogP contribution in [0, 0.1) is 16.0 Å². The van der Waals surface area contributed by atoms with Gasteiger partial charge in [-0.05, 0) is 18.9 Å². The monoisotopic (exact) mass is 239 g/mol. The molecule has 1 aromatic heterocycles. The first kappa shape index (κ1) is 11.8. The zero-order valence-corrected chi connectivity index (χ0v) is 9.17. The molecule has 6 heteroatoms. The molecule has 2 atom stereocenters. The Kier molecular flexibility index (Phi) is 3.23. The Morgan fingerprint density at radius 1 is 1.47 bits per heavy atom. The summed E-state index contributed by atoms with van der Waals surface area (Å²) in [6, 6.07) is 2.54. The van der Waals surface area contributed by atoms with E-state index < -0.39 is 22.8 Å². The second-order valence-electron chi connectivity index (χ2n) is 4.20. The van der Waals surface area contributed by atoms with Gasteiger partial charge in [0.05, 0.1) is 12.0 Å². The molecule has 0 aliphatic heterocycles. The molecule has 0 spiro atoms. The third-order valence-corrected chi connectivity index (χ3v) is 3.07. The SMILES string of the molecule is O=C1CCCCC1C(O)c1ccc([N+](=O)[O-])o1. The number of ketones is 1. The van der Waals surface area contributed by atoms with Crippen molar-refractivity contribution in [2.75, 3.05) is 0 Å². The molecule has 0 bridgehead atoms. The second kappa shape index (κ2) is 4.67. The van der Waals surface area contributed by atoms with Crippen LogP contribution in [0.4, 0.5) is 5.88 Å². The molecule has 1 N–H and O–H groups in total. The van der Waals surface area contributed by atoms with E-state index in [9.17, 15) is 20.0 Å². The number of nitrogens with zero attached hydrogens (tertiary/aromatic N) is 1. The zero-order valence-electron chi connectivity index (χ0n) is 9.17. The predicted octanol–water partition coefficient (Wildman–Crippen LogP) is 1.98. The molecule has 0 amide bonds. The fourth-order valence-electron chi connectivity index (χ4n) is 2.14. The summed E-state index contributed by atoms with van der Waals surface area (Å²) in [7, 11) is 0. The largest absolute Gasteiger partial charge is 0.433 e. The van der Waals surface area contributed by atoms with Gasteiger partial charge in [-0.25, -0.2) is 0 Å². The van der Waals surface area contributed by atoms with E-state index in [1.54, 1.807) is 0 Å². The minimum Gasteiger partial charge on any atom is -0.403 e. The summed E-state index contributed by atoms with van der Waals surface area (Å²) in [5, 5.41) is 20.4. The molecular formula is C11H13NO5. The lowest BCUT2D eigenvalue weighted by Crippen LogP contribution is -2.25. The van der Waals surface area contributed by atoms with Gasteiger partial charge in [0.15, 0.2) is 0 Å². The highest BCUT2D eigenvalue weighted by Gasteiger charge is 2.32. The van der Waals surface area contributed by atoms with Crippen molar-refractivity contribution in [2.24, 2.45) is 5.92 Å². The molecule has 1 aliphatic rings. The van der Waals surface area contributed by atoms with Gasteiger partial charge in [-0.1, -0.05) is 6.42 Å². The molecule has 1 fully saturated rings. The van der Waals surface area contributed by atoms with Crippen molar-refractivity contribution in [3.63, 3.8) is 0 Å². The van der Waals surface area contributed by atoms with Crippen LogP contribution >= 0.6 is 0 Å². The van der Waals surface area contributed by atoms with Crippen molar-refractivity contribution in [3.05, 3.63) is 28.0 Å². The number of aliphatic hydroxyl groups excluding tert-OH is 1. The molecule has 1 saturated carbocycles. The molecule has 1 aliphatic carbocycles. The second-order valence-corrected chi connectivity index (χ2v) is 4.20. The van der Waals surface area contributed by atoms with Crippen LogP contribution in [0.5, 0.6) is 0 Å². The Morgan fingerprint density at radius 3 is 2.82 bits per heavy atom. The quantitative estimate of drug-likeness (QED) is 0.642. The lowest BCUT2D eigenvalue weighted by atomic mass is 9.83. The Balaban J connectivity index is 2.14. The van der Waals surface area contributed by atoms with Crippen LogP contribution in [-0.4, -0.2) is 15.8 Å². The van der Waals surface area contributed by atoms with Crippen LogP contribution in [0.1, 0.15) is 37.5 Å². The van der Waals surface area contributed by atoms with Crippen molar-refractivity contribution in [3.8, 4) is 0 Å². The third kappa shape index (κ3) is 2.36. The lowest BCUT2D eigenvalue weighted by molar-refractivity contribution is -0.402. The third-order valence-electron chi connectivity index (χ3n) is 3.07. The molecule has 0 aromatic carbocycles. The molecule has 2 unspecified atom stereocenters. The maximum absolute atomic E-state index is 11.6. The summed E-state index contributed by atoms with van der Waals surface area (Å²) in [6.07, 6.45) is 1.73. The number of furan rings is 1. The Morgan fingerprint density at radius 2 is 2.24 bits per heavy atom. The highest BCUT2D eigenvalue weighted by Crippen LogP contribution is 2.33. The lowest BCUT2D eigenvalue weighted by Gasteiger charge is -2.23. The van der Waals surface area contributed by atoms with E-state index in [-0.39, 0.29) is 11.5 Å². The first-order valence-electron chi connectivity index (χ1n) is 5.54. The van der Waals surface area contributed by atoms with Crippen molar-refractivity contribution in [1.82, 2.24) is 0 Å². The van der Waals surface area contributed by atoms with Gasteiger partial charge in [0.1, 0.15) is 22.6 Å². The number of nitro groups is 1. The van der Waals surface area contributed by atoms with Crippen molar-refractivity contribution in [1.29, 1.82) is 0 Å². The summed E-state index contributed by atoms with van der Waals surface area (Å²) in [4.78, 5) is 21.4. The molecule has 1 heterocycles. The fraction of sp³-hybridized carbons (Fsp3) is 0.545. The van der Waals surface area contributed by atoms with E-state index >= 15 is 0 Å². The van der Waals surface area contributed by atoms with Gasteiger partial charge in [0.2, 0.25) is 0 Å². The molecule has 1 aromatic rings. The van der Waals surface area contributed by atoms with Crippen LogP contribution in [0.25, 0.3) is 0 Å². The van der Waals surface area contributed by atoms with Crippen LogP contribution in [0.2, 0.25) is 0 Å². The maximum atomic E-state index is 11.6. The summed E-state index contributed by atoms with van der Waals surface area (Å²) in [6.45, 7) is 0. The average Bonchev–Trinajstić information content (AvgIpc) is 2.78. The number of hydrogen-bond acceptors (Lipinski definition) is 5. The first-order chi connectivity index (χ1) is 8.09. The van der Waals surface area contributed by atoms with Gasteiger partial charge in [-0.2, -0.15) is 0 Å². The van der Waals surface area contributed by atoms with Gasteiger partial charge in [-0.15, -0.1) is 0 Å². The molecule has 6 nitrogen and oxygen atoms in total. The minimum absolute atomic E-state index is 0.00260. The number of hydrogen-bond donors (Lipinski definition) is 1. The Hall–Kier alpha value is -1.69. The van der Waals surface area contributed by atoms with Gasteiger partial charge in [0.25, 0.3) is 0 Å². The molecule has 2 rings (SSSR count). The zero-order chi connectivity index (χ0) is 12.4. The molecule has 92 valence electrons. The highest BCUT2D eigenvalue weighted by molar-refractivity contribution is 5.82. The van der Waals surface area contributed by atoms with Crippen LogP contribution < -0.4 is 0 Å². The molecule has 0 saturated heterocycles. The fourth-order valence-corrected chi connectivity index (χ4v) is 2.14. The number of carbonyl (C=O) groups is 1. The number of rotatable bonds is 3. The van der Waals surface area contributed by atoms with Crippen molar-refractivity contribution >= 4 is 11.7 Å². The van der Waals surface area contributed by atoms with Gasteiger partial charge in [-0.3, -0.25) is 14.9 Å². The van der Waals surface area contributed by atoms with E-state index in [0.717, 1.165) is 12.8 Å². The maximum Gasteiger partial charge on any atom is 0.433 e. The number of aliphatic hydroxyl groups is 1. The smallest absolute Gasteiger partial charge is 0.403 e. The summed E-state index contributed by atoms with van der Waals surface area (Å²) < 4.78 is 4.91. The number of carbonyl (C=O) groups excluding carboxylic acids is 1. The molecule has 0 radical (unpaired) electrons. The standard InChI is InChI=1S/C11H13NO5/c13-8-4-2-1-3-7(8)11(14)9-5-6-10(17-9)12(15)16/h5-7,11,14H,1-4H2. The Bertz CT molecular complexity index is 439. The molecule has 17 heavy (non-hydrogen) atoms. The first-order valence-corrected chi connectivity index (χ1v) is 5.54. The summed E-state index contributed by atoms with van der Waals surface area (Å²) in [5.74, 6) is -0.809. The van der Waals surface area contributed by atoms with E-state index in [1.165, 1.54) is 12.1 Å². The van der Waals surface area contributed by atoms with Crippen LogP contribution in [-0.2, 0) is 4.79 Å². The molecular weight excluding hydrogens is 226 g/mol. The Labute approximate surface area is 97.4 Å². The topological polar surface area (TPSA) is 93.6 Å². The summed E-state index contributed by atoms with van der Waals surface area (Å²) >= 11 is 0. The van der Waals surface area contributed by atoms with Crippen molar-refractivity contribution < 1.29 is 19.2 Å². The predicted molar refractivity (Wildman–Crippen MR) is 57.3 cm³/mol. The van der Waals surface area contributed by atoms with Gasteiger partial charge >= 0.3 is 5.88 Å². The van der Waals surface area contributed by atoms with Crippen molar-refractivity contribution in [2.45, 2.75) is 31.8 Å². The summed E-state index contributed by atoms with van der Waals surface area (Å²) in [5.41, 5.74) is 0. The van der Waals surface area contributed by atoms with E-state index in [0.29, 0.717) is 12.8 Å². The average molecular weight is 239 g/mol. The van der Waals surface area contributed by atoms with Gasteiger partial charge in [0, 0.05) is 6.42 Å². The highest BCUT2D eigenvalue weighted by atomic mass is 16.6. The van der Waals surface area contributed by atoms with Crippen LogP contribution in [0.15, 0.2) is 16.5 Å². The van der Waals surface area contributed by atoms with E-state index in [1.807, 2.05) is 0 Å².